The average molecular weight is 559 g/mol. The van der Waals surface area contributed by atoms with Gasteiger partial charge in [-0.15, -0.1) is 0 Å². The van der Waals surface area contributed by atoms with Gasteiger partial charge in [0.05, 0.1) is 5.02 Å². The fourth-order valence-electron chi connectivity index (χ4n) is 4.60. The lowest BCUT2D eigenvalue weighted by Gasteiger charge is -2.25. The molecule has 0 radical (unpaired) electrons. The molecule has 4 aromatic carbocycles. The molecule has 0 aliphatic carbocycles. The third kappa shape index (κ3) is 7.09. The maximum Gasteiger partial charge on any atom is 0.260 e. The maximum atomic E-state index is 12.8. The second-order valence-corrected chi connectivity index (χ2v) is 9.70. The van der Waals surface area contributed by atoms with Crippen molar-refractivity contribution in [3.05, 3.63) is 101 Å². The number of rotatable bonds is 8. The van der Waals surface area contributed by atoms with Gasteiger partial charge in [0.1, 0.15) is 11.5 Å². The van der Waals surface area contributed by atoms with Gasteiger partial charge in [0.25, 0.3) is 5.91 Å². The molecule has 5 rings (SSSR count). The number of hydrogen-bond donors (Lipinski definition) is 4. The number of para-hydroxylation sites is 1. The number of nitrogens with two attached hydrogens (primary N) is 1. The molecule has 0 bridgehead atoms. The molecule has 9 heteroatoms. The molecule has 0 aromatic heterocycles. The van der Waals surface area contributed by atoms with Crippen molar-refractivity contribution in [1.82, 2.24) is 4.90 Å². The Bertz CT molecular complexity index is 1500. The van der Waals surface area contributed by atoms with Crippen LogP contribution < -0.4 is 15.8 Å². The zero-order chi connectivity index (χ0) is 28.5. The highest BCUT2D eigenvalue weighted by Crippen LogP contribution is 2.28. The number of nitrogens with zero attached hydrogens (tertiary/aromatic N) is 1. The molecule has 1 atom stereocenters. The summed E-state index contributed by atoms with van der Waals surface area (Å²) in [6, 6.07) is 25.8. The van der Waals surface area contributed by atoms with Crippen LogP contribution >= 0.6 is 11.6 Å². The zero-order valence-corrected chi connectivity index (χ0v) is 22.6. The second kappa shape index (κ2) is 13.5. The van der Waals surface area contributed by atoms with Gasteiger partial charge in [0.2, 0.25) is 5.91 Å². The Hall–Kier alpha value is -4.56. The largest absolute Gasteiger partial charge is 0.506 e. The van der Waals surface area contributed by atoms with E-state index in [0.29, 0.717) is 5.75 Å². The Labute approximate surface area is 237 Å². The van der Waals surface area contributed by atoms with E-state index in [-0.39, 0.29) is 34.9 Å². The summed E-state index contributed by atoms with van der Waals surface area (Å²) < 4.78 is 5.92. The van der Waals surface area contributed by atoms with Crippen LogP contribution in [0.5, 0.6) is 11.5 Å². The molecule has 2 amide bonds. The quantitative estimate of drug-likeness (QED) is 0.213. The summed E-state index contributed by atoms with van der Waals surface area (Å²) in [7, 11) is 0. The number of fused-ring (bicyclic) bond motifs is 1. The molecule has 1 saturated heterocycles. The number of carbonyl (C=O) groups excluding carboxylic acids is 2. The van der Waals surface area contributed by atoms with Gasteiger partial charge >= 0.3 is 0 Å². The summed E-state index contributed by atoms with van der Waals surface area (Å²) in [4.78, 5) is 25.3. The summed E-state index contributed by atoms with van der Waals surface area (Å²) in [5.41, 5.74) is 7.15. The predicted molar refractivity (Wildman–Crippen MR) is 159 cm³/mol. The molecule has 4 aromatic rings. The van der Waals surface area contributed by atoms with E-state index in [4.69, 9.17) is 32.6 Å². The minimum Gasteiger partial charge on any atom is -0.506 e. The smallest absolute Gasteiger partial charge is 0.260 e. The Kier molecular flexibility index (Phi) is 9.59. The molecule has 0 spiro atoms. The maximum absolute atomic E-state index is 12.8. The van der Waals surface area contributed by atoms with Crippen molar-refractivity contribution < 1.29 is 19.4 Å². The molecule has 40 heavy (non-hydrogen) atoms. The number of likely N-dealkylation sites (tertiary alicyclic amines) is 1. The van der Waals surface area contributed by atoms with Gasteiger partial charge in [0.15, 0.2) is 6.61 Å². The van der Waals surface area contributed by atoms with Gasteiger partial charge in [-0.1, -0.05) is 54.1 Å². The minimum atomic E-state index is -0.563. The van der Waals surface area contributed by atoms with Crippen LogP contribution in [0.2, 0.25) is 5.02 Å². The van der Waals surface area contributed by atoms with Crippen molar-refractivity contribution in [2.75, 3.05) is 25.0 Å². The standard InChI is InChI=1S/C24H25N3O2.C7H6ClNO2/c25-15-18-12-13-23(22-11-5-4-10-21(18)22)29-17-24(28)27-14-6-9-20(27)16-26-19-7-2-1-3-8-19;8-5-3-4(7(9)11)1-2-6(5)10/h1-5,7-8,10-13,15,20,25-26H,6,9,14,16-17H2;1-3,10H,(H2,9,11). The number of benzene rings is 4. The molecule has 1 heterocycles. The minimum absolute atomic E-state index is 0.0163. The van der Waals surface area contributed by atoms with Crippen molar-refractivity contribution in [3.8, 4) is 11.5 Å². The molecule has 1 aliphatic rings. The summed E-state index contributed by atoms with van der Waals surface area (Å²) in [5.74, 6) is 0.0730. The van der Waals surface area contributed by atoms with Crippen LogP contribution in [0.15, 0.2) is 84.9 Å². The van der Waals surface area contributed by atoms with E-state index in [1.807, 2.05) is 71.6 Å². The SMILES string of the molecule is N=Cc1ccc(OCC(=O)N2CCCC2CNc2ccccc2)c2ccccc12.NC(=O)c1ccc(O)c(Cl)c1. The van der Waals surface area contributed by atoms with Crippen molar-refractivity contribution in [2.45, 2.75) is 18.9 Å². The van der Waals surface area contributed by atoms with Crippen LogP contribution in [0.1, 0.15) is 28.8 Å². The van der Waals surface area contributed by atoms with Crippen molar-refractivity contribution in [2.24, 2.45) is 5.73 Å². The molecule has 8 nitrogen and oxygen atoms in total. The van der Waals surface area contributed by atoms with Crippen molar-refractivity contribution in [1.29, 1.82) is 5.41 Å². The van der Waals surface area contributed by atoms with E-state index in [1.54, 1.807) is 0 Å². The number of carbonyl (C=O) groups is 2. The van der Waals surface area contributed by atoms with E-state index >= 15 is 0 Å². The number of hydrogen-bond acceptors (Lipinski definition) is 6. The fourth-order valence-corrected chi connectivity index (χ4v) is 4.78. The van der Waals surface area contributed by atoms with Crippen LogP contribution in [0, 0.1) is 5.41 Å². The van der Waals surface area contributed by atoms with Gasteiger partial charge in [-0.3, -0.25) is 9.59 Å². The van der Waals surface area contributed by atoms with Crippen LogP contribution in [-0.4, -0.2) is 53.8 Å². The van der Waals surface area contributed by atoms with Gasteiger partial charge in [0, 0.05) is 47.5 Å². The topological polar surface area (TPSA) is 129 Å². The highest BCUT2D eigenvalue weighted by molar-refractivity contribution is 6.32. The lowest BCUT2D eigenvalue weighted by atomic mass is 10.0. The van der Waals surface area contributed by atoms with Crippen LogP contribution in [-0.2, 0) is 4.79 Å². The first-order valence-corrected chi connectivity index (χ1v) is 13.3. The fraction of sp³-hybridized carbons (Fsp3) is 0.194. The number of phenols is 1. The summed E-state index contributed by atoms with van der Waals surface area (Å²) in [6.07, 6.45) is 3.36. The van der Waals surface area contributed by atoms with Crippen molar-refractivity contribution in [3.63, 3.8) is 0 Å². The molecular formula is C31H31ClN4O4. The van der Waals surface area contributed by atoms with E-state index in [9.17, 15) is 9.59 Å². The Morgan fingerprint density at radius 2 is 1.77 bits per heavy atom. The van der Waals surface area contributed by atoms with E-state index in [0.717, 1.165) is 48.0 Å². The Balaban J connectivity index is 0.000000283. The number of amides is 2. The van der Waals surface area contributed by atoms with Gasteiger partial charge in [-0.05, 0) is 60.7 Å². The molecule has 1 aliphatic heterocycles. The lowest BCUT2D eigenvalue weighted by molar-refractivity contribution is -0.133. The highest BCUT2D eigenvalue weighted by Gasteiger charge is 2.28. The predicted octanol–water partition coefficient (Wildman–Crippen LogP) is 5.46. The average Bonchev–Trinajstić information content (AvgIpc) is 3.46. The van der Waals surface area contributed by atoms with Gasteiger partial charge in [-0.2, -0.15) is 0 Å². The number of aromatic hydroxyl groups is 1. The molecule has 1 fully saturated rings. The third-order valence-corrected chi connectivity index (χ3v) is 6.97. The van der Waals surface area contributed by atoms with E-state index < -0.39 is 5.91 Å². The first kappa shape index (κ1) is 28.4. The monoisotopic (exact) mass is 558 g/mol. The number of primary amides is 1. The second-order valence-electron chi connectivity index (χ2n) is 9.29. The number of halogens is 1. The van der Waals surface area contributed by atoms with Gasteiger partial charge in [-0.25, -0.2) is 0 Å². The molecule has 206 valence electrons. The van der Waals surface area contributed by atoms with E-state index in [1.165, 1.54) is 24.4 Å². The number of ether oxygens (including phenoxy) is 1. The Morgan fingerprint density at radius 1 is 1.05 bits per heavy atom. The molecule has 1 unspecified atom stereocenters. The normalized spacial score (nSPS) is 14.2. The first-order chi connectivity index (χ1) is 19.4. The lowest BCUT2D eigenvalue weighted by Crippen LogP contribution is -2.42. The molecule has 5 N–H and O–H groups in total. The Morgan fingerprint density at radius 3 is 2.48 bits per heavy atom. The summed E-state index contributed by atoms with van der Waals surface area (Å²) >= 11 is 5.50. The number of phenolic OH excluding ortho intramolecular Hbond substituents is 1. The zero-order valence-electron chi connectivity index (χ0n) is 21.8. The number of nitrogens with one attached hydrogen (secondary N) is 2. The van der Waals surface area contributed by atoms with Gasteiger partial charge < -0.3 is 31.2 Å². The number of anilines is 1. The van der Waals surface area contributed by atoms with Crippen LogP contribution in [0.25, 0.3) is 10.8 Å². The van der Waals surface area contributed by atoms with Crippen molar-refractivity contribution >= 4 is 46.1 Å². The highest BCUT2D eigenvalue weighted by atomic mass is 35.5. The van der Waals surface area contributed by atoms with Crippen LogP contribution in [0.4, 0.5) is 5.69 Å². The van der Waals surface area contributed by atoms with E-state index in [2.05, 4.69) is 5.32 Å². The summed E-state index contributed by atoms with van der Waals surface area (Å²) in [5, 5.41) is 21.9. The molecular weight excluding hydrogens is 528 g/mol. The first-order valence-electron chi connectivity index (χ1n) is 12.9. The van der Waals surface area contributed by atoms with Crippen LogP contribution in [0.3, 0.4) is 0 Å². The summed E-state index contributed by atoms with van der Waals surface area (Å²) in [6.45, 7) is 1.54. The third-order valence-electron chi connectivity index (χ3n) is 6.67. The molecule has 0 saturated carbocycles.